The molecule has 0 spiro atoms. The third-order valence-electron chi connectivity index (χ3n) is 4.63. The number of carbonyl (C=O) groups excluding carboxylic acids is 1. The maximum atomic E-state index is 11.8. The SMILES string of the molecule is COC(=O)C1C(O)O[C@]2(O)OC[C@@H]3[C@H]4O[C@H]4[C@H]1[C@@H]32. The van der Waals surface area contributed by atoms with Gasteiger partial charge < -0.3 is 24.4 Å². The molecule has 7 heteroatoms. The fourth-order valence-electron chi connectivity index (χ4n) is 3.89. The highest BCUT2D eigenvalue weighted by Crippen LogP contribution is 2.63. The summed E-state index contributed by atoms with van der Waals surface area (Å²) in [5.74, 6) is -3.81. The zero-order chi connectivity index (χ0) is 12.7. The maximum absolute atomic E-state index is 11.8. The van der Waals surface area contributed by atoms with E-state index in [2.05, 4.69) is 0 Å². The van der Waals surface area contributed by atoms with E-state index in [0.29, 0.717) is 6.61 Å². The summed E-state index contributed by atoms with van der Waals surface area (Å²) >= 11 is 0. The van der Waals surface area contributed by atoms with Gasteiger partial charge in [-0.2, -0.15) is 0 Å². The fraction of sp³-hybridized carbons (Fsp3) is 0.909. The van der Waals surface area contributed by atoms with Gasteiger partial charge in [-0.1, -0.05) is 0 Å². The van der Waals surface area contributed by atoms with Crippen LogP contribution >= 0.6 is 0 Å². The van der Waals surface area contributed by atoms with Crippen LogP contribution in [0.15, 0.2) is 0 Å². The molecule has 0 aromatic carbocycles. The van der Waals surface area contributed by atoms with Crippen molar-refractivity contribution in [3.8, 4) is 0 Å². The molecule has 18 heavy (non-hydrogen) atoms. The zero-order valence-electron chi connectivity index (χ0n) is 9.68. The number of aliphatic hydroxyl groups excluding tert-OH is 1. The molecule has 1 aliphatic carbocycles. The number of hydrogen-bond acceptors (Lipinski definition) is 7. The Morgan fingerprint density at radius 3 is 2.94 bits per heavy atom. The summed E-state index contributed by atoms with van der Waals surface area (Å²) in [7, 11) is 1.26. The number of fused-ring (bicyclic) bond motifs is 3. The first-order chi connectivity index (χ1) is 8.57. The van der Waals surface area contributed by atoms with Gasteiger partial charge >= 0.3 is 5.97 Å². The summed E-state index contributed by atoms with van der Waals surface area (Å²) in [6.45, 7) is 0.319. The van der Waals surface area contributed by atoms with E-state index in [0.717, 1.165) is 0 Å². The van der Waals surface area contributed by atoms with Crippen molar-refractivity contribution >= 4 is 5.97 Å². The Morgan fingerprint density at radius 2 is 2.22 bits per heavy atom. The molecule has 0 bridgehead atoms. The molecule has 2 N–H and O–H groups in total. The van der Waals surface area contributed by atoms with Crippen molar-refractivity contribution in [3.05, 3.63) is 0 Å². The molecule has 7 nitrogen and oxygen atoms in total. The number of esters is 1. The monoisotopic (exact) mass is 258 g/mol. The number of carbonyl (C=O) groups is 1. The zero-order valence-corrected chi connectivity index (χ0v) is 9.68. The highest BCUT2D eigenvalue weighted by atomic mass is 16.9. The number of rotatable bonds is 1. The third kappa shape index (κ3) is 1.14. The van der Waals surface area contributed by atoms with E-state index in [9.17, 15) is 15.0 Å². The first-order valence-electron chi connectivity index (χ1n) is 6.02. The van der Waals surface area contributed by atoms with Crippen LogP contribution in [0.1, 0.15) is 0 Å². The van der Waals surface area contributed by atoms with Gasteiger partial charge in [0.25, 0.3) is 5.97 Å². The molecule has 8 atom stereocenters. The minimum atomic E-state index is -1.80. The molecule has 0 aromatic rings. The molecule has 4 rings (SSSR count). The smallest absolute Gasteiger partial charge is 0.314 e. The molecule has 4 fully saturated rings. The van der Waals surface area contributed by atoms with Gasteiger partial charge in [-0.3, -0.25) is 9.53 Å². The lowest BCUT2D eigenvalue weighted by Crippen LogP contribution is -2.57. The van der Waals surface area contributed by atoms with Crippen molar-refractivity contribution in [1.82, 2.24) is 0 Å². The number of epoxide rings is 1. The topological polar surface area (TPSA) is 97.8 Å². The summed E-state index contributed by atoms with van der Waals surface area (Å²) in [6.07, 6.45) is -1.56. The molecule has 1 saturated carbocycles. The minimum absolute atomic E-state index is 0.00455. The van der Waals surface area contributed by atoms with E-state index in [-0.39, 0.29) is 30.0 Å². The van der Waals surface area contributed by atoms with Crippen LogP contribution in [0, 0.1) is 23.7 Å². The number of aliphatic hydroxyl groups is 2. The molecule has 4 aliphatic rings. The van der Waals surface area contributed by atoms with Gasteiger partial charge in [0.2, 0.25) is 0 Å². The van der Waals surface area contributed by atoms with Gasteiger partial charge in [0, 0.05) is 11.8 Å². The van der Waals surface area contributed by atoms with Crippen molar-refractivity contribution < 1.29 is 34.0 Å². The molecule has 3 heterocycles. The maximum Gasteiger partial charge on any atom is 0.314 e. The average Bonchev–Trinajstić information content (AvgIpc) is 2.95. The van der Waals surface area contributed by atoms with Crippen molar-refractivity contribution in [2.45, 2.75) is 24.5 Å². The van der Waals surface area contributed by atoms with Crippen molar-refractivity contribution in [2.75, 3.05) is 13.7 Å². The van der Waals surface area contributed by atoms with Crippen LogP contribution < -0.4 is 0 Å². The van der Waals surface area contributed by atoms with E-state index in [1.165, 1.54) is 7.11 Å². The quantitative estimate of drug-likeness (QED) is 0.433. The van der Waals surface area contributed by atoms with E-state index < -0.39 is 24.2 Å². The number of ether oxygens (including phenoxy) is 4. The van der Waals surface area contributed by atoms with Gasteiger partial charge in [0.1, 0.15) is 5.92 Å². The predicted octanol–water partition coefficient (Wildman–Crippen LogP) is -1.57. The highest BCUT2D eigenvalue weighted by molar-refractivity contribution is 5.73. The van der Waals surface area contributed by atoms with Crippen LogP contribution in [0.25, 0.3) is 0 Å². The van der Waals surface area contributed by atoms with Crippen molar-refractivity contribution in [1.29, 1.82) is 0 Å². The molecular formula is C11H14O7. The fourth-order valence-corrected chi connectivity index (χ4v) is 3.89. The molecule has 3 saturated heterocycles. The Balaban J connectivity index is 1.74. The molecule has 0 radical (unpaired) electrons. The summed E-state index contributed by atoms with van der Waals surface area (Å²) in [4.78, 5) is 11.8. The van der Waals surface area contributed by atoms with Crippen LogP contribution in [0.4, 0.5) is 0 Å². The van der Waals surface area contributed by atoms with Gasteiger partial charge in [0.05, 0.1) is 31.8 Å². The second-order valence-corrected chi connectivity index (χ2v) is 5.33. The molecule has 0 aromatic heterocycles. The van der Waals surface area contributed by atoms with Crippen LogP contribution in [0.3, 0.4) is 0 Å². The van der Waals surface area contributed by atoms with Crippen molar-refractivity contribution in [3.63, 3.8) is 0 Å². The minimum Gasteiger partial charge on any atom is -0.469 e. The Bertz CT molecular complexity index is 412. The molecule has 3 aliphatic heterocycles. The van der Waals surface area contributed by atoms with Crippen LogP contribution in [0.2, 0.25) is 0 Å². The number of methoxy groups -OCH3 is 1. The first kappa shape index (κ1) is 11.1. The lowest BCUT2D eigenvalue weighted by Gasteiger charge is -2.43. The van der Waals surface area contributed by atoms with Gasteiger partial charge in [-0.25, -0.2) is 0 Å². The second kappa shape index (κ2) is 3.23. The molecule has 0 amide bonds. The van der Waals surface area contributed by atoms with E-state index in [1.807, 2.05) is 0 Å². The van der Waals surface area contributed by atoms with Crippen LogP contribution in [-0.2, 0) is 23.7 Å². The van der Waals surface area contributed by atoms with E-state index in [1.54, 1.807) is 0 Å². The standard InChI is InChI=1S/C11H14O7/c1-15-9(12)5-4-6-3(7-8(4)17-7)2-16-11(6,14)18-10(5)13/h3-8,10,13-14H,2H2,1H3/t3-,4+,5?,6+,7+,8-,10?,11+/m0/s1. The normalized spacial score (nSPS) is 60.1. The number of hydrogen-bond donors (Lipinski definition) is 2. The molecular weight excluding hydrogens is 244 g/mol. The summed E-state index contributed by atoms with van der Waals surface area (Å²) in [5.41, 5.74) is 0. The summed E-state index contributed by atoms with van der Waals surface area (Å²) in [6, 6.07) is 0. The van der Waals surface area contributed by atoms with Crippen molar-refractivity contribution in [2.24, 2.45) is 23.7 Å². The first-order valence-corrected chi connectivity index (χ1v) is 6.02. The lowest BCUT2D eigenvalue weighted by molar-refractivity contribution is -0.432. The Kier molecular flexibility index (Phi) is 2.00. The van der Waals surface area contributed by atoms with E-state index in [4.69, 9.17) is 18.9 Å². The average molecular weight is 258 g/mol. The molecule has 2 unspecified atom stereocenters. The van der Waals surface area contributed by atoms with E-state index >= 15 is 0 Å². The van der Waals surface area contributed by atoms with Gasteiger partial charge in [0.15, 0.2) is 6.29 Å². The largest absolute Gasteiger partial charge is 0.469 e. The Hall–Kier alpha value is -0.730. The van der Waals surface area contributed by atoms with Crippen LogP contribution in [0.5, 0.6) is 0 Å². The second-order valence-electron chi connectivity index (χ2n) is 5.33. The third-order valence-corrected chi connectivity index (χ3v) is 4.63. The summed E-state index contributed by atoms with van der Waals surface area (Å²) < 4.78 is 20.6. The van der Waals surface area contributed by atoms with Gasteiger partial charge in [-0.15, -0.1) is 0 Å². The highest BCUT2D eigenvalue weighted by Gasteiger charge is 2.76. The van der Waals surface area contributed by atoms with Crippen LogP contribution in [-0.4, -0.2) is 54.4 Å². The Labute approximate surface area is 103 Å². The Morgan fingerprint density at radius 1 is 1.44 bits per heavy atom. The summed E-state index contributed by atoms with van der Waals surface area (Å²) in [5, 5.41) is 20.2. The lowest BCUT2D eigenvalue weighted by atomic mass is 9.77. The van der Waals surface area contributed by atoms with Gasteiger partial charge in [-0.05, 0) is 0 Å². The molecule has 100 valence electrons. The predicted molar refractivity (Wildman–Crippen MR) is 52.6 cm³/mol.